The Hall–Kier alpha value is -1.19. The van der Waals surface area contributed by atoms with Crippen LogP contribution >= 0.6 is 0 Å². The highest BCUT2D eigenvalue weighted by atomic mass is 19.1. The van der Waals surface area contributed by atoms with Crippen LogP contribution < -0.4 is 5.73 Å². The Bertz CT molecular complexity index is 295. The average Bonchev–Trinajstić information content (AvgIpc) is 2.17. The summed E-state index contributed by atoms with van der Waals surface area (Å²) in [5, 5.41) is 9.32. The van der Waals surface area contributed by atoms with Gasteiger partial charge >= 0.3 is 0 Å². The van der Waals surface area contributed by atoms with E-state index in [1.54, 1.807) is 24.3 Å². The van der Waals surface area contributed by atoms with Crippen molar-refractivity contribution in [1.29, 1.82) is 0 Å². The van der Waals surface area contributed by atoms with Gasteiger partial charge in [-0.1, -0.05) is 24.3 Å². The van der Waals surface area contributed by atoms with Gasteiger partial charge in [0.15, 0.2) is 0 Å². The maximum atomic E-state index is 12.5. The van der Waals surface area contributed by atoms with Crippen LogP contribution in [0.2, 0.25) is 0 Å². The lowest BCUT2D eigenvalue weighted by Crippen LogP contribution is -2.10. The predicted octanol–water partition coefficient (Wildman–Crippen LogP) is 1.55. The third kappa shape index (κ3) is 3.68. The lowest BCUT2D eigenvalue weighted by Gasteiger charge is -2.01. The lowest BCUT2D eigenvalue weighted by atomic mass is 10.1. The lowest BCUT2D eigenvalue weighted by molar-refractivity contribution is 0.216. The van der Waals surface area contributed by atoms with Gasteiger partial charge in [0.1, 0.15) is 5.82 Å². The molecule has 0 aliphatic rings. The average molecular weight is 195 g/mol. The SMILES string of the molecule is NCC[C@@H](O)/C=C/c1ccc(F)cc1. The number of hydrogen-bond acceptors (Lipinski definition) is 2. The van der Waals surface area contributed by atoms with Crippen LogP contribution in [0.4, 0.5) is 4.39 Å². The van der Waals surface area contributed by atoms with Crippen molar-refractivity contribution in [3.8, 4) is 0 Å². The van der Waals surface area contributed by atoms with Gasteiger partial charge in [0.2, 0.25) is 0 Å². The maximum Gasteiger partial charge on any atom is 0.123 e. The highest BCUT2D eigenvalue weighted by Gasteiger charge is 1.95. The van der Waals surface area contributed by atoms with Gasteiger partial charge in [-0.05, 0) is 30.7 Å². The highest BCUT2D eigenvalue weighted by molar-refractivity contribution is 5.49. The Morgan fingerprint density at radius 1 is 1.36 bits per heavy atom. The molecule has 0 aromatic heterocycles. The molecule has 0 fully saturated rings. The maximum absolute atomic E-state index is 12.5. The van der Waals surface area contributed by atoms with Crippen molar-refractivity contribution in [1.82, 2.24) is 0 Å². The molecule has 0 saturated heterocycles. The number of halogens is 1. The number of rotatable bonds is 4. The van der Waals surface area contributed by atoms with Gasteiger partial charge in [0.05, 0.1) is 6.10 Å². The van der Waals surface area contributed by atoms with Gasteiger partial charge in [0, 0.05) is 0 Å². The van der Waals surface area contributed by atoms with Crippen LogP contribution in [-0.4, -0.2) is 17.8 Å². The van der Waals surface area contributed by atoms with E-state index in [2.05, 4.69) is 0 Å². The van der Waals surface area contributed by atoms with Gasteiger partial charge in [0.25, 0.3) is 0 Å². The predicted molar refractivity (Wildman–Crippen MR) is 55.1 cm³/mol. The Labute approximate surface area is 82.9 Å². The van der Waals surface area contributed by atoms with Crippen molar-refractivity contribution in [3.63, 3.8) is 0 Å². The second-order valence-corrected chi connectivity index (χ2v) is 3.06. The molecule has 0 radical (unpaired) electrons. The second-order valence-electron chi connectivity index (χ2n) is 3.06. The molecule has 1 atom stereocenters. The van der Waals surface area contributed by atoms with E-state index in [1.165, 1.54) is 12.1 Å². The monoisotopic (exact) mass is 195 g/mol. The molecule has 0 heterocycles. The fraction of sp³-hybridized carbons (Fsp3) is 0.273. The van der Waals surface area contributed by atoms with Crippen molar-refractivity contribution in [3.05, 3.63) is 41.7 Å². The Kier molecular flexibility index (Phi) is 4.29. The summed E-state index contributed by atoms with van der Waals surface area (Å²) in [5.74, 6) is -0.260. The molecule has 1 rings (SSSR count). The molecule has 76 valence electrons. The molecule has 0 bridgehead atoms. The highest BCUT2D eigenvalue weighted by Crippen LogP contribution is 2.05. The normalized spacial score (nSPS) is 13.4. The molecule has 3 heteroatoms. The number of aliphatic hydroxyl groups excluding tert-OH is 1. The number of hydrogen-bond donors (Lipinski definition) is 2. The Morgan fingerprint density at radius 2 is 2.00 bits per heavy atom. The third-order valence-corrected chi connectivity index (χ3v) is 1.84. The standard InChI is InChI=1S/C11H14FNO/c12-10-4-1-9(2-5-10)3-6-11(14)7-8-13/h1-6,11,14H,7-8,13H2/b6-3+/t11-/m0/s1. The fourth-order valence-corrected chi connectivity index (χ4v) is 1.06. The van der Waals surface area contributed by atoms with Gasteiger partial charge in [-0.2, -0.15) is 0 Å². The summed E-state index contributed by atoms with van der Waals surface area (Å²) in [6.45, 7) is 0.453. The first-order valence-electron chi connectivity index (χ1n) is 4.54. The molecule has 0 saturated carbocycles. The summed E-state index contributed by atoms with van der Waals surface area (Å²) in [6, 6.07) is 6.08. The van der Waals surface area contributed by atoms with E-state index >= 15 is 0 Å². The largest absolute Gasteiger partial charge is 0.389 e. The molecule has 14 heavy (non-hydrogen) atoms. The van der Waals surface area contributed by atoms with Gasteiger partial charge in [-0.15, -0.1) is 0 Å². The fourth-order valence-electron chi connectivity index (χ4n) is 1.06. The minimum atomic E-state index is -0.523. The van der Waals surface area contributed by atoms with Gasteiger partial charge < -0.3 is 10.8 Å². The van der Waals surface area contributed by atoms with Crippen LogP contribution in [-0.2, 0) is 0 Å². The van der Waals surface area contributed by atoms with E-state index in [0.717, 1.165) is 5.56 Å². The summed E-state index contributed by atoms with van der Waals surface area (Å²) < 4.78 is 12.5. The number of benzene rings is 1. The zero-order valence-corrected chi connectivity index (χ0v) is 7.86. The molecule has 2 nitrogen and oxygen atoms in total. The molecule has 0 aliphatic heterocycles. The van der Waals surface area contributed by atoms with Crippen LogP contribution in [0.15, 0.2) is 30.3 Å². The minimum absolute atomic E-state index is 0.260. The van der Waals surface area contributed by atoms with Crippen molar-refractivity contribution in [2.45, 2.75) is 12.5 Å². The van der Waals surface area contributed by atoms with Crippen LogP contribution in [0.25, 0.3) is 6.08 Å². The number of aliphatic hydroxyl groups is 1. The summed E-state index contributed by atoms with van der Waals surface area (Å²) >= 11 is 0. The molecule has 0 spiro atoms. The number of nitrogens with two attached hydrogens (primary N) is 1. The summed E-state index contributed by atoms with van der Waals surface area (Å²) in [7, 11) is 0. The van der Waals surface area contributed by atoms with Crippen LogP contribution in [0.1, 0.15) is 12.0 Å². The van der Waals surface area contributed by atoms with E-state index in [4.69, 9.17) is 5.73 Å². The molecular weight excluding hydrogens is 181 g/mol. The van der Waals surface area contributed by atoms with Crippen molar-refractivity contribution < 1.29 is 9.50 Å². The molecule has 0 amide bonds. The summed E-state index contributed by atoms with van der Waals surface area (Å²) in [4.78, 5) is 0. The van der Waals surface area contributed by atoms with Crippen LogP contribution in [0.3, 0.4) is 0 Å². The van der Waals surface area contributed by atoms with E-state index in [0.29, 0.717) is 13.0 Å². The quantitative estimate of drug-likeness (QED) is 0.765. The van der Waals surface area contributed by atoms with Gasteiger partial charge in [-0.25, -0.2) is 4.39 Å². The molecule has 1 aromatic rings. The smallest absolute Gasteiger partial charge is 0.123 e. The zero-order chi connectivity index (χ0) is 10.4. The molecule has 3 N–H and O–H groups in total. The first kappa shape index (κ1) is 10.9. The molecule has 1 aromatic carbocycles. The zero-order valence-electron chi connectivity index (χ0n) is 7.86. The topological polar surface area (TPSA) is 46.2 Å². The van der Waals surface area contributed by atoms with Crippen LogP contribution in [0, 0.1) is 5.82 Å². The minimum Gasteiger partial charge on any atom is -0.389 e. The Balaban J connectivity index is 2.55. The van der Waals surface area contributed by atoms with Crippen molar-refractivity contribution in [2.24, 2.45) is 5.73 Å². The first-order chi connectivity index (χ1) is 6.72. The molecular formula is C11H14FNO. The van der Waals surface area contributed by atoms with Crippen LogP contribution in [0.5, 0.6) is 0 Å². The first-order valence-corrected chi connectivity index (χ1v) is 4.54. The second kappa shape index (κ2) is 5.52. The van der Waals surface area contributed by atoms with Crippen molar-refractivity contribution in [2.75, 3.05) is 6.54 Å². The Morgan fingerprint density at radius 3 is 2.57 bits per heavy atom. The van der Waals surface area contributed by atoms with E-state index in [1.807, 2.05) is 0 Å². The van der Waals surface area contributed by atoms with E-state index in [9.17, 15) is 9.50 Å². The summed E-state index contributed by atoms with van der Waals surface area (Å²) in [6.07, 6.45) is 3.42. The van der Waals surface area contributed by atoms with Gasteiger partial charge in [-0.3, -0.25) is 0 Å². The van der Waals surface area contributed by atoms with E-state index in [-0.39, 0.29) is 5.82 Å². The van der Waals surface area contributed by atoms with Crippen molar-refractivity contribution >= 4 is 6.08 Å². The third-order valence-electron chi connectivity index (χ3n) is 1.84. The van der Waals surface area contributed by atoms with E-state index < -0.39 is 6.10 Å². The molecule has 0 unspecified atom stereocenters. The summed E-state index contributed by atoms with van der Waals surface area (Å²) in [5.41, 5.74) is 6.14. The molecule has 0 aliphatic carbocycles.